The lowest BCUT2D eigenvalue weighted by atomic mass is 9.75. The van der Waals surface area contributed by atoms with Gasteiger partial charge in [-0.2, -0.15) is 0 Å². The van der Waals surface area contributed by atoms with Crippen molar-refractivity contribution >= 4 is 10.0 Å². The Bertz CT molecular complexity index is 381. The third kappa shape index (κ3) is 8.17. The van der Waals surface area contributed by atoms with Gasteiger partial charge in [0.1, 0.15) is 0 Å². The van der Waals surface area contributed by atoms with E-state index in [-0.39, 0.29) is 5.75 Å². The summed E-state index contributed by atoms with van der Waals surface area (Å²) in [6, 6.07) is 0. The first-order chi connectivity index (χ1) is 9.79. The van der Waals surface area contributed by atoms with Crippen LogP contribution in [0.5, 0.6) is 0 Å². The van der Waals surface area contributed by atoms with Crippen LogP contribution in [0, 0.1) is 17.8 Å². The van der Waals surface area contributed by atoms with Crippen LogP contribution < -0.4 is 5.14 Å². The van der Waals surface area contributed by atoms with Gasteiger partial charge in [-0.3, -0.25) is 0 Å². The molecule has 3 unspecified atom stereocenters. The zero-order valence-corrected chi connectivity index (χ0v) is 14.7. The molecule has 0 bridgehead atoms. The summed E-state index contributed by atoms with van der Waals surface area (Å²) in [6.45, 7) is 7.71. The molecule has 1 aliphatic carbocycles. The molecule has 0 amide bonds. The van der Waals surface area contributed by atoms with Crippen molar-refractivity contribution in [3.8, 4) is 0 Å². The average molecular weight is 320 g/mol. The summed E-state index contributed by atoms with van der Waals surface area (Å²) in [4.78, 5) is 0. The molecule has 0 radical (unpaired) electrons. The second-order valence-electron chi connectivity index (χ2n) is 7.02. The molecule has 0 heterocycles. The standard InChI is InChI=1S/C16H33NO3S/c1-13(2)15-9-8-14(3)12-16(15)20-10-6-4-5-7-11-21(17,18)19/h13-16H,4-12H2,1-3H3,(H2,17,18,19). The van der Waals surface area contributed by atoms with Crippen LogP contribution in [-0.2, 0) is 14.8 Å². The summed E-state index contributed by atoms with van der Waals surface area (Å²) < 4.78 is 27.8. The van der Waals surface area contributed by atoms with Gasteiger partial charge < -0.3 is 4.74 Å². The Balaban J connectivity index is 2.15. The van der Waals surface area contributed by atoms with E-state index >= 15 is 0 Å². The van der Waals surface area contributed by atoms with Crippen molar-refractivity contribution in [3.63, 3.8) is 0 Å². The van der Waals surface area contributed by atoms with Crippen molar-refractivity contribution in [2.24, 2.45) is 22.9 Å². The van der Waals surface area contributed by atoms with E-state index < -0.39 is 10.0 Å². The Hall–Kier alpha value is -0.130. The molecule has 0 aromatic rings. The number of rotatable bonds is 9. The summed E-state index contributed by atoms with van der Waals surface area (Å²) in [7, 11) is -3.29. The van der Waals surface area contributed by atoms with E-state index in [1.807, 2.05) is 0 Å². The van der Waals surface area contributed by atoms with Crippen molar-refractivity contribution in [3.05, 3.63) is 0 Å². The molecule has 0 saturated heterocycles. The predicted octanol–water partition coefficient (Wildman–Crippen LogP) is 3.31. The highest BCUT2D eigenvalue weighted by molar-refractivity contribution is 7.89. The average Bonchev–Trinajstić information content (AvgIpc) is 2.36. The highest BCUT2D eigenvalue weighted by atomic mass is 32.2. The van der Waals surface area contributed by atoms with Crippen molar-refractivity contribution < 1.29 is 13.2 Å². The lowest BCUT2D eigenvalue weighted by Crippen LogP contribution is -2.34. The fraction of sp³-hybridized carbons (Fsp3) is 1.00. The summed E-state index contributed by atoms with van der Waals surface area (Å²) in [5.74, 6) is 2.27. The zero-order valence-electron chi connectivity index (χ0n) is 13.9. The number of primary sulfonamides is 1. The quantitative estimate of drug-likeness (QED) is 0.663. The van der Waals surface area contributed by atoms with Crippen LogP contribution >= 0.6 is 0 Å². The van der Waals surface area contributed by atoms with Crippen molar-refractivity contribution in [2.45, 2.75) is 71.8 Å². The fourth-order valence-electron chi connectivity index (χ4n) is 3.30. The lowest BCUT2D eigenvalue weighted by molar-refractivity contribution is -0.0394. The Morgan fingerprint density at radius 3 is 2.43 bits per heavy atom. The van der Waals surface area contributed by atoms with Crippen LogP contribution in [-0.4, -0.2) is 26.9 Å². The zero-order chi connectivity index (χ0) is 15.9. The second-order valence-corrected chi connectivity index (χ2v) is 8.75. The van der Waals surface area contributed by atoms with Gasteiger partial charge in [-0.25, -0.2) is 13.6 Å². The smallest absolute Gasteiger partial charge is 0.209 e. The van der Waals surface area contributed by atoms with Gasteiger partial charge in [0.2, 0.25) is 10.0 Å². The monoisotopic (exact) mass is 319 g/mol. The molecule has 2 N–H and O–H groups in total. The van der Waals surface area contributed by atoms with E-state index in [1.54, 1.807) is 0 Å². The van der Waals surface area contributed by atoms with Gasteiger partial charge in [0.05, 0.1) is 11.9 Å². The second kappa shape index (κ2) is 9.11. The van der Waals surface area contributed by atoms with Gasteiger partial charge in [0.25, 0.3) is 0 Å². The molecule has 0 spiro atoms. The normalized spacial score (nSPS) is 27.2. The van der Waals surface area contributed by atoms with Crippen molar-refractivity contribution in [2.75, 3.05) is 12.4 Å². The SMILES string of the molecule is CC1CCC(C(C)C)C(OCCCCCCS(N)(=O)=O)C1. The minimum absolute atomic E-state index is 0.101. The number of nitrogens with two attached hydrogens (primary N) is 1. The first kappa shape index (κ1) is 18.9. The van der Waals surface area contributed by atoms with Crippen LogP contribution in [0.4, 0.5) is 0 Å². The van der Waals surface area contributed by atoms with Gasteiger partial charge in [-0.15, -0.1) is 0 Å². The molecule has 0 aromatic carbocycles. The number of ether oxygens (including phenoxy) is 1. The van der Waals surface area contributed by atoms with Crippen molar-refractivity contribution in [1.29, 1.82) is 0 Å². The van der Waals surface area contributed by atoms with E-state index in [2.05, 4.69) is 20.8 Å². The topological polar surface area (TPSA) is 69.4 Å². The van der Waals surface area contributed by atoms with Crippen LogP contribution in [0.15, 0.2) is 0 Å². The van der Waals surface area contributed by atoms with Gasteiger partial charge in [0.15, 0.2) is 0 Å². The molecule has 21 heavy (non-hydrogen) atoms. The molecule has 1 fully saturated rings. The number of sulfonamides is 1. The molecule has 4 nitrogen and oxygen atoms in total. The molecule has 1 aliphatic rings. The summed E-state index contributed by atoms with van der Waals surface area (Å²) >= 11 is 0. The minimum Gasteiger partial charge on any atom is -0.378 e. The van der Waals surface area contributed by atoms with Gasteiger partial charge in [-0.05, 0) is 43.4 Å². The molecular weight excluding hydrogens is 286 g/mol. The van der Waals surface area contributed by atoms with Crippen LogP contribution in [0.25, 0.3) is 0 Å². The lowest BCUT2D eigenvalue weighted by Gasteiger charge is -2.37. The Morgan fingerprint density at radius 1 is 1.14 bits per heavy atom. The molecule has 1 saturated carbocycles. The Kier molecular flexibility index (Phi) is 8.21. The largest absolute Gasteiger partial charge is 0.378 e. The van der Waals surface area contributed by atoms with Gasteiger partial charge in [-0.1, -0.05) is 40.0 Å². The molecule has 3 atom stereocenters. The molecule has 5 heteroatoms. The maximum Gasteiger partial charge on any atom is 0.209 e. The molecular formula is C16H33NO3S. The van der Waals surface area contributed by atoms with Crippen LogP contribution in [0.2, 0.25) is 0 Å². The van der Waals surface area contributed by atoms with Crippen molar-refractivity contribution in [1.82, 2.24) is 0 Å². The fourth-order valence-corrected chi connectivity index (χ4v) is 3.91. The first-order valence-corrected chi connectivity index (χ1v) is 10.1. The van der Waals surface area contributed by atoms with E-state index in [1.165, 1.54) is 19.3 Å². The number of unbranched alkanes of at least 4 members (excludes halogenated alkanes) is 3. The van der Waals surface area contributed by atoms with Gasteiger partial charge >= 0.3 is 0 Å². The summed E-state index contributed by atoms with van der Waals surface area (Å²) in [6.07, 6.45) is 7.83. The third-order valence-electron chi connectivity index (χ3n) is 4.62. The number of hydrogen-bond acceptors (Lipinski definition) is 3. The van der Waals surface area contributed by atoms with E-state index in [4.69, 9.17) is 9.88 Å². The molecule has 1 rings (SSSR count). The molecule has 0 aliphatic heterocycles. The maximum absolute atomic E-state index is 10.8. The maximum atomic E-state index is 10.8. The summed E-state index contributed by atoms with van der Waals surface area (Å²) in [5, 5.41) is 4.98. The number of hydrogen-bond donors (Lipinski definition) is 1. The van der Waals surface area contributed by atoms with Crippen LogP contribution in [0.1, 0.15) is 65.7 Å². The molecule has 126 valence electrons. The van der Waals surface area contributed by atoms with E-state index in [0.29, 0.717) is 24.4 Å². The van der Waals surface area contributed by atoms with Crippen LogP contribution in [0.3, 0.4) is 0 Å². The highest BCUT2D eigenvalue weighted by Gasteiger charge is 2.31. The van der Waals surface area contributed by atoms with E-state index in [0.717, 1.165) is 31.8 Å². The predicted molar refractivity (Wildman–Crippen MR) is 87.5 cm³/mol. The highest BCUT2D eigenvalue weighted by Crippen LogP contribution is 2.35. The minimum atomic E-state index is -3.29. The van der Waals surface area contributed by atoms with Gasteiger partial charge in [0, 0.05) is 6.61 Å². The first-order valence-electron chi connectivity index (χ1n) is 8.41. The third-order valence-corrected chi connectivity index (χ3v) is 5.47. The molecule has 0 aromatic heterocycles. The summed E-state index contributed by atoms with van der Waals surface area (Å²) in [5.41, 5.74) is 0. The Morgan fingerprint density at radius 2 is 1.81 bits per heavy atom. The van der Waals surface area contributed by atoms with E-state index in [9.17, 15) is 8.42 Å². The Labute approximate surface area is 130 Å².